The van der Waals surface area contributed by atoms with E-state index >= 15 is 0 Å². The highest BCUT2D eigenvalue weighted by atomic mass is 16.3. The second-order valence-electron chi connectivity index (χ2n) is 6.03. The molecule has 3 rings (SSSR count). The van der Waals surface area contributed by atoms with Gasteiger partial charge in [-0.2, -0.15) is 0 Å². The van der Waals surface area contributed by atoms with E-state index < -0.39 is 12.2 Å². The number of rotatable bonds is 3. The van der Waals surface area contributed by atoms with Crippen LogP contribution in [0.3, 0.4) is 0 Å². The largest absolute Gasteiger partial charge is 0.390 e. The minimum absolute atomic E-state index is 0.0952. The molecule has 2 aromatic rings. The lowest BCUT2D eigenvalue weighted by atomic mass is 10.0. The zero-order valence-corrected chi connectivity index (χ0v) is 12.9. The predicted molar refractivity (Wildman–Crippen MR) is 88.2 cm³/mol. The molecule has 0 radical (unpaired) electrons. The van der Waals surface area contributed by atoms with Gasteiger partial charge in [-0.25, -0.2) is 0 Å². The summed E-state index contributed by atoms with van der Waals surface area (Å²) in [7, 11) is 0. The van der Waals surface area contributed by atoms with Crippen LogP contribution >= 0.6 is 0 Å². The van der Waals surface area contributed by atoms with E-state index in [4.69, 9.17) is 0 Å². The minimum Gasteiger partial charge on any atom is -0.390 e. The SMILES string of the molecule is O=C(c1ccc(Cc2ccccc2)cc1)N1CCC(O)C(O)C1. The van der Waals surface area contributed by atoms with Crippen LogP contribution in [0.4, 0.5) is 0 Å². The number of amides is 1. The van der Waals surface area contributed by atoms with Crippen molar-refractivity contribution in [1.29, 1.82) is 0 Å². The number of benzene rings is 2. The standard InChI is InChI=1S/C19H21NO3/c21-17-10-11-20(13-18(17)22)19(23)16-8-6-15(7-9-16)12-14-4-2-1-3-5-14/h1-9,17-18,21-22H,10-13H2. The van der Waals surface area contributed by atoms with E-state index in [2.05, 4.69) is 12.1 Å². The molecule has 1 amide bonds. The molecule has 4 heteroatoms. The maximum atomic E-state index is 12.5. The number of nitrogens with zero attached hydrogens (tertiary/aromatic N) is 1. The lowest BCUT2D eigenvalue weighted by molar-refractivity contribution is -0.0321. The third-order valence-electron chi connectivity index (χ3n) is 4.29. The number of aliphatic hydroxyl groups excluding tert-OH is 2. The first-order valence-electron chi connectivity index (χ1n) is 7.92. The van der Waals surface area contributed by atoms with Crippen LogP contribution < -0.4 is 0 Å². The Balaban J connectivity index is 1.66. The summed E-state index contributed by atoms with van der Waals surface area (Å²) >= 11 is 0. The summed E-state index contributed by atoms with van der Waals surface area (Å²) in [4.78, 5) is 14.1. The second kappa shape index (κ2) is 6.94. The first-order chi connectivity index (χ1) is 11.1. The van der Waals surface area contributed by atoms with Crippen LogP contribution in [0, 0.1) is 0 Å². The van der Waals surface area contributed by atoms with Gasteiger partial charge in [0.1, 0.15) is 0 Å². The number of carbonyl (C=O) groups is 1. The first kappa shape index (κ1) is 15.7. The fourth-order valence-corrected chi connectivity index (χ4v) is 2.88. The van der Waals surface area contributed by atoms with Crippen molar-refractivity contribution in [2.24, 2.45) is 0 Å². The van der Waals surface area contributed by atoms with Gasteiger partial charge in [0.15, 0.2) is 0 Å². The summed E-state index contributed by atoms with van der Waals surface area (Å²) in [6.07, 6.45) is -0.333. The van der Waals surface area contributed by atoms with Crippen molar-refractivity contribution in [3.05, 3.63) is 71.3 Å². The van der Waals surface area contributed by atoms with Gasteiger partial charge in [0.25, 0.3) is 5.91 Å². The van der Waals surface area contributed by atoms with Crippen molar-refractivity contribution >= 4 is 5.91 Å². The maximum Gasteiger partial charge on any atom is 0.253 e. The number of β-amino-alcohol motifs (C(OH)–C–C–N with tert-alkyl or cyclic N) is 1. The zero-order valence-electron chi connectivity index (χ0n) is 12.9. The molecule has 0 aromatic heterocycles. The molecule has 0 bridgehead atoms. The van der Waals surface area contributed by atoms with Crippen LogP contribution in [0.2, 0.25) is 0 Å². The third-order valence-corrected chi connectivity index (χ3v) is 4.29. The highest BCUT2D eigenvalue weighted by molar-refractivity contribution is 5.94. The van der Waals surface area contributed by atoms with Gasteiger partial charge in [-0.1, -0.05) is 42.5 Å². The molecule has 23 heavy (non-hydrogen) atoms. The zero-order chi connectivity index (χ0) is 16.2. The molecule has 4 nitrogen and oxygen atoms in total. The quantitative estimate of drug-likeness (QED) is 0.909. The summed E-state index contributed by atoms with van der Waals surface area (Å²) in [6, 6.07) is 17.8. The number of hydrogen-bond acceptors (Lipinski definition) is 3. The smallest absolute Gasteiger partial charge is 0.253 e. The molecule has 0 aliphatic carbocycles. The van der Waals surface area contributed by atoms with E-state index in [0.717, 1.165) is 12.0 Å². The average molecular weight is 311 g/mol. The number of piperidine rings is 1. The molecule has 120 valence electrons. The summed E-state index contributed by atoms with van der Waals surface area (Å²) in [5, 5.41) is 19.2. The van der Waals surface area contributed by atoms with Crippen LogP contribution in [-0.4, -0.2) is 46.3 Å². The fraction of sp³-hybridized carbons (Fsp3) is 0.316. The summed E-state index contributed by atoms with van der Waals surface area (Å²) in [5.41, 5.74) is 3.01. The Labute approximate surface area is 136 Å². The number of carbonyl (C=O) groups excluding carboxylic acids is 1. The van der Waals surface area contributed by atoms with E-state index in [1.54, 1.807) is 4.90 Å². The molecule has 1 fully saturated rings. The van der Waals surface area contributed by atoms with Gasteiger partial charge in [-0.3, -0.25) is 4.79 Å². The molecule has 1 aliphatic rings. The highest BCUT2D eigenvalue weighted by Crippen LogP contribution is 2.16. The van der Waals surface area contributed by atoms with Gasteiger partial charge in [-0.05, 0) is 36.1 Å². The van der Waals surface area contributed by atoms with Crippen LogP contribution in [-0.2, 0) is 6.42 Å². The molecule has 1 saturated heterocycles. The highest BCUT2D eigenvalue weighted by Gasteiger charge is 2.29. The van der Waals surface area contributed by atoms with Crippen LogP contribution in [0.5, 0.6) is 0 Å². The predicted octanol–water partition coefficient (Wildman–Crippen LogP) is 1.85. The molecule has 1 heterocycles. The summed E-state index contributed by atoms with van der Waals surface area (Å²) in [5.74, 6) is -0.0952. The monoisotopic (exact) mass is 311 g/mol. The molecule has 0 spiro atoms. The normalized spacial score (nSPS) is 21.2. The van der Waals surface area contributed by atoms with Crippen molar-refractivity contribution in [1.82, 2.24) is 4.90 Å². The Hall–Kier alpha value is -2.17. The topological polar surface area (TPSA) is 60.8 Å². The fourth-order valence-electron chi connectivity index (χ4n) is 2.88. The van der Waals surface area contributed by atoms with Crippen molar-refractivity contribution in [3.63, 3.8) is 0 Å². The number of aliphatic hydroxyl groups is 2. The van der Waals surface area contributed by atoms with Crippen LogP contribution in [0.15, 0.2) is 54.6 Å². The van der Waals surface area contributed by atoms with Crippen molar-refractivity contribution in [3.8, 4) is 0 Å². The van der Waals surface area contributed by atoms with E-state index in [9.17, 15) is 15.0 Å². The van der Waals surface area contributed by atoms with Gasteiger partial charge in [-0.15, -0.1) is 0 Å². The van der Waals surface area contributed by atoms with E-state index in [0.29, 0.717) is 18.5 Å². The Morgan fingerprint density at radius 1 is 0.957 bits per heavy atom. The van der Waals surface area contributed by atoms with Crippen molar-refractivity contribution < 1.29 is 15.0 Å². The van der Waals surface area contributed by atoms with Crippen LogP contribution in [0.1, 0.15) is 27.9 Å². The van der Waals surface area contributed by atoms with E-state index in [1.807, 2.05) is 42.5 Å². The molecular weight excluding hydrogens is 290 g/mol. The summed E-state index contributed by atoms with van der Waals surface area (Å²) in [6.45, 7) is 0.661. The van der Waals surface area contributed by atoms with Gasteiger partial charge < -0.3 is 15.1 Å². The molecular formula is C19H21NO3. The number of hydrogen-bond donors (Lipinski definition) is 2. The van der Waals surface area contributed by atoms with E-state index in [1.165, 1.54) is 5.56 Å². The maximum absolute atomic E-state index is 12.5. The van der Waals surface area contributed by atoms with Crippen molar-refractivity contribution in [2.75, 3.05) is 13.1 Å². The minimum atomic E-state index is -0.856. The molecule has 2 atom stereocenters. The molecule has 0 saturated carbocycles. The van der Waals surface area contributed by atoms with Crippen molar-refractivity contribution in [2.45, 2.75) is 25.0 Å². The summed E-state index contributed by atoms with van der Waals surface area (Å²) < 4.78 is 0. The average Bonchev–Trinajstić information content (AvgIpc) is 2.58. The Kier molecular flexibility index (Phi) is 4.74. The second-order valence-corrected chi connectivity index (χ2v) is 6.03. The number of likely N-dealkylation sites (tertiary alicyclic amines) is 1. The third kappa shape index (κ3) is 3.78. The lowest BCUT2D eigenvalue weighted by Gasteiger charge is -2.33. The molecule has 1 aliphatic heterocycles. The van der Waals surface area contributed by atoms with Crippen LogP contribution in [0.25, 0.3) is 0 Å². The Bertz CT molecular complexity index is 654. The first-order valence-corrected chi connectivity index (χ1v) is 7.92. The Morgan fingerprint density at radius 2 is 1.61 bits per heavy atom. The van der Waals surface area contributed by atoms with Gasteiger partial charge in [0.05, 0.1) is 12.2 Å². The van der Waals surface area contributed by atoms with Gasteiger partial charge >= 0.3 is 0 Å². The van der Waals surface area contributed by atoms with E-state index in [-0.39, 0.29) is 12.5 Å². The Morgan fingerprint density at radius 3 is 2.26 bits per heavy atom. The molecule has 2 aromatic carbocycles. The van der Waals surface area contributed by atoms with Gasteiger partial charge in [0, 0.05) is 18.7 Å². The molecule has 2 unspecified atom stereocenters. The van der Waals surface area contributed by atoms with Gasteiger partial charge in [0.2, 0.25) is 0 Å². The molecule has 2 N–H and O–H groups in total. The lowest BCUT2D eigenvalue weighted by Crippen LogP contribution is -2.48.